The van der Waals surface area contributed by atoms with E-state index in [4.69, 9.17) is 4.74 Å². The topological polar surface area (TPSA) is 26.3 Å². The Labute approximate surface area is 72.3 Å². The second-order valence-electron chi connectivity index (χ2n) is 4.81. The number of rotatable bonds is 1. The molecule has 0 N–H and O–H groups in total. The van der Waals surface area contributed by atoms with Gasteiger partial charge in [0.05, 0.1) is 11.7 Å². The van der Waals surface area contributed by atoms with E-state index in [-0.39, 0.29) is 17.6 Å². The molecule has 2 aliphatic carbocycles. The lowest BCUT2D eigenvalue weighted by atomic mass is 9.79. The average Bonchev–Trinajstić information content (AvgIpc) is 2.37. The fraction of sp³-hybridized carbons (Fsp3) is 0.900. The number of hydrogen-bond donors (Lipinski definition) is 0. The maximum absolute atomic E-state index is 10.8. The Morgan fingerprint density at radius 3 is 2.92 bits per heavy atom. The number of carbonyl (C=O) groups is 1. The van der Waals surface area contributed by atoms with Crippen LogP contribution in [0.25, 0.3) is 0 Å². The van der Waals surface area contributed by atoms with Crippen molar-refractivity contribution < 1.29 is 9.53 Å². The van der Waals surface area contributed by atoms with Crippen LogP contribution in [0.2, 0.25) is 0 Å². The highest BCUT2D eigenvalue weighted by Crippen LogP contribution is 2.59. The molecule has 12 heavy (non-hydrogen) atoms. The highest BCUT2D eigenvalue weighted by Gasteiger charge is 2.60. The maximum atomic E-state index is 10.8. The van der Waals surface area contributed by atoms with Crippen molar-refractivity contribution in [1.82, 2.24) is 0 Å². The van der Waals surface area contributed by atoms with Gasteiger partial charge in [-0.1, -0.05) is 0 Å². The third-order valence-electron chi connectivity index (χ3n) is 4.19. The molecule has 0 aromatic carbocycles. The Morgan fingerprint density at radius 1 is 1.50 bits per heavy atom. The van der Waals surface area contributed by atoms with Crippen molar-refractivity contribution in [3.8, 4) is 0 Å². The second-order valence-corrected chi connectivity index (χ2v) is 4.81. The van der Waals surface area contributed by atoms with Crippen molar-refractivity contribution in [2.45, 2.75) is 37.9 Å². The average molecular weight is 166 g/mol. The zero-order chi connectivity index (χ0) is 8.34. The van der Waals surface area contributed by atoms with Crippen LogP contribution >= 0.6 is 0 Å². The summed E-state index contributed by atoms with van der Waals surface area (Å²) < 4.78 is 5.91. The molecule has 4 aliphatic rings. The molecule has 2 saturated heterocycles. The molecular weight excluding hydrogens is 152 g/mol. The van der Waals surface area contributed by atoms with E-state index in [2.05, 4.69) is 6.92 Å². The van der Waals surface area contributed by atoms with Crippen molar-refractivity contribution in [2.75, 3.05) is 0 Å². The molecule has 66 valence electrons. The Kier molecular flexibility index (Phi) is 1.13. The number of carbonyl (C=O) groups excluding carboxylic acids is 1. The van der Waals surface area contributed by atoms with Crippen LogP contribution in [0.15, 0.2) is 0 Å². The molecule has 4 fully saturated rings. The van der Waals surface area contributed by atoms with Crippen LogP contribution in [0.5, 0.6) is 0 Å². The van der Waals surface area contributed by atoms with Crippen molar-refractivity contribution >= 4 is 6.29 Å². The van der Waals surface area contributed by atoms with Crippen LogP contribution in [0, 0.1) is 17.8 Å². The summed E-state index contributed by atoms with van der Waals surface area (Å²) in [6.45, 7) is 2.22. The fourth-order valence-electron chi connectivity index (χ4n) is 3.58. The molecule has 0 amide bonds. The highest BCUT2D eigenvalue weighted by atomic mass is 16.5. The minimum atomic E-state index is 0.148. The van der Waals surface area contributed by atoms with Crippen LogP contribution in [0.1, 0.15) is 26.2 Å². The lowest BCUT2D eigenvalue weighted by Gasteiger charge is -2.34. The lowest BCUT2D eigenvalue weighted by Crippen LogP contribution is -2.38. The first-order chi connectivity index (χ1) is 5.73. The fourth-order valence-corrected chi connectivity index (χ4v) is 3.58. The van der Waals surface area contributed by atoms with Crippen LogP contribution < -0.4 is 0 Å². The molecule has 4 rings (SSSR count). The van der Waals surface area contributed by atoms with E-state index in [0.29, 0.717) is 5.92 Å². The van der Waals surface area contributed by atoms with Gasteiger partial charge in [0.1, 0.15) is 6.29 Å². The van der Waals surface area contributed by atoms with Crippen molar-refractivity contribution in [2.24, 2.45) is 17.8 Å². The second kappa shape index (κ2) is 1.92. The molecule has 2 nitrogen and oxygen atoms in total. The third kappa shape index (κ3) is 0.634. The normalized spacial score (nSPS) is 61.1. The van der Waals surface area contributed by atoms with Crippen molar-refractivity contribution in [1.29, 1.82) is 0 Å². The molecular formula is C10H14O2. The zero-order valence-corrected chi connectivity index (χ0v) is 7.32. The van der Waals surface area contributed by atoms with Crippen molar-refractivity contribution in [3.05, 3.63) is 0 Å². The van der Waals surface area contributed by atoms with Gasteiger partial charge in [-0.15, -0.1) is 0 Å². The summed E-state index contributed by atoms with van der Waals surface area (Å²) in [5, 5.41) is 0. The van der Waals surface area contributed by atoms with E-state index in [1.807, 2.05) is 0 Å². The molecule has 0 spiro atoms. The van der Waals surface area contributed by atoms with E-state index in [0.717, 1.165) is 25.0 Å². The summed E-state index contributed by atoms with van der Waals surface area (Å²) in [4.78, 5) is 10.8. The molecule has 4 bridgehead atoms. The minimum Gasteiger partial charge on any atom is -0.371 e. The summed E-state index contributed by atoms with van der Waals surface area (Å²) in [6.07, 6.45) is 4.88. The third-order valence-corrected chi connectivity index (χ3v) is 4.19. The van der Waals surface area contributed by atoms with Gasteiger partial charge in [0.15, 0.2) is 0 Å². The number of ether oxygens (including phenoxy) is 1. The van der Waals surface area contributed by atoms with Gasteiger partial charge in [0.2, 0.25) is 0 Å². The van der Waals surface area contributed by atoms with E-state index < -0.39 is 0 Å². The largest absolute Gasteiger partial charge is 0.371 e. The first kappa shape index (κ1) is 7.07. The molecule has 0 unspecified atom stereocenters. The van der Waals surface area contributed by atoms with Crippen LogP contribution in [0.3, 0.4) is 0 Å². The number of aldehydes is 1. The summed E-state index contributed by atoms with van der Waals surface area (Å²) in [5.74, 6) is 1.62. The smallest absolute Gasteiger partial charge is 0.125 e. The SMILES string of the molecule is C[C@]12C[C@@H]3C[C@H]1C[C@H](O2)[C@H]3C=O. The Morgan fingerprint density at radius 2 is 2.33 bits per heavy atom. The first-order valence-corrected chi connectivity index (χ1v) is 4.86. The van der Waals surface area contributed by atoms with Gasteiger partial charge >= 0.3 is 0 Å². The molecule has 2 heteroatoms. The standard InChI is InChI=1S/C10H14O2/c1-10-4-6-2-7(10)3-9(12-10)8(6)5-11/h5-9H,2-4H2,1H3/t6-,7-,8-,9-,10-/m0/s1. The summed E-state index contributed by atoms with van der Waals surface area (Å²) in [7, 11) is 0. The maximum Gasteiger partial charge on any atom is 0.125 e. The Balaban J connectivity index is 1.98. The van der Waals surface area contributed by atoms with Gasteiger partial charge in [-0.3, -0.25) is 0 Å². The molecule has 2 saturated carbocycles. The Bertz CT molecular complexity index is 220. The Hall–Kier alpha value is -0.370. The number of hydrogen-bond acceptors (Lipinski definition) is 2. The lowest BCUT2D eigenvalue weighted by molar-refractivity contribution is -0.131. The van der Waals surface area contributed by atoms with Crippen molar-refractivity contribution in [3.63, 3.8) is 0 Å². The molecule has 0 aromatic rings. The molecule has 2 aliphatic heterocycles. The van der Waals surface area contributed by atoms with Gasteiger partial charge in [-0.2, -0.15) is 0 Å². The minimum absolute atomic E-state index is 0.148. The van der Waals surface area contributed by atoms with E-state index >= 15 is 0 Å². The van der Waals surface area contributed by atoms with Gasteiger partial charge in [0.25, 0.3) is 0 Å². The summed E-state index contributed by atoms with van der Waals surface area (Å²) >= 11 is 0. The van der Waals surface area contributed by atoms with Gasteiger partial charge < -0.3 is 9.53 Å². The van der Waals surface area contributed by atoms with Crippen LogP contribution in [-0.4, -0.2) is 18.0 Å². The van der Waals surface area contributed by atoms with E-state index in [1.54, 1.807) is 0 Å². The van der Waals surface area contributed by atoms with Crippen LogP contribution in [-0.2, 0) is 9.53 Å². The summed E-state index contributed by atoms with van der Waals surface area (Å²) in [6, 6.07) is 0. The van der Waals surface area contributed by atoms with E-state index in [1.165, 1.54) is 6.42 Å². The van der Waals surface area contributed by atoms with Gasteiger partial charge in [-0.05, 0) is 38.0 Å². The quantitative estimate of drug-likeness (QED) is 0.550. The van der Waals surface area contributed by atoms with Crippen LogP contribution in [0.4, 0.5) is 0 Å². The van der Waals surface area contributed by atoms with E-state index in [9.17, 15) is 4.79 Å². The van der Waals surface area contributed by atoms with Gasteiger partial charge in [0, 0.05) is 5.92 Å². The monoisotopic (exact) mass is 166 g/mol. The first-order valence-electron chi connectivity index (χ1n) is 4.86. The predicted molar refractivity (Wildman–Crippen MR) is 43.7 cm³/mol. The molecule has 0 aromatic heterocycles. The highest BCUT2D eigenvalue weighted by molar-refractivity contribution is 5.56. The predicted octanol–water partition coefficient (Wildman–Crippen LogP) is 1.39. The molecule has 0 radical (unpaired) electrons. The molecule has 2 heterocycles. The summed E-state index contributed by atoms with van der Waals surface area (Å²) in [5.41, 5.74) is 0.148. The molecule has 5 atom stereocenters. The van der Waals surface area contributed by atoms with Gasteiger partial charge in [-0.25, -0.2) is 0 Å². The zero-order valence-electron chi connectivity index (χ0n) is 7.32.